The van der Waals surface area contributed by atoms with E-state index in [1.165, 1.54) is 27.7 Å². The van der Waals surface area contributed by atoms with Gasteiger partial charge in [0.1, 0.15) is 4.70 Å². The van der Waals surface area contributed by atoms with E-state index >= 15 is 0 Å². The summed E-state index contributed by atoms with van der Waals surface area (Å²) >= 11 is 2.75. The van der Waals surface area contributed by atoms with Crippen molar-refractivity contribution in [2.24, 2.45) is 7.05 Å². The van der Waals surface area contributed by atoms with E-state index in [0.29, 0.717) is 21.9 Å². The van der Waals surface area contributed by atoms with Gasteiger partial charge in [-0.15, -0.1) is 11.3 Å². The first-order chi connectivity index (χ1) is 12.6. The monoisotopic (exact) mass is 387 g/mol. The molecule has 0 radical (unpaired) electrons. The van der Waals surface area contributed by atoms with Crippen LogP contribution >= 0.6 is 23.1 Å². The Bertz CT molecular complexity index is 964. The van der Waals surface area contributed by atoms with E-state index in [1.54, 1.807) is 7.05 Å². The quantitative estimate of drug-likeness (QED) is 0.382. The van der Waals surface area contributed by atoms with Crippen molar-refractivity contribution in [2.75, 3.05) is 12.3 Å². The van der Waals surface area contributed by atoms with Crippen LogP contribution in [-0.4, -0.2) is 27.8 Å². The lowest BCUT2D eigenvalue weighted by molar-refractivity contribution is -0.118. The molecule has 0 saturated heterocycles. The maximum absolute atomic E-state index is 12.7. The Kier molecular flexibility index (Phi) is 6.11. The largest absolute Gasteiger partial charge is 0.355 e. The minimum atomic E-state index is -0.0731. The van der Waals surface area contributed by atoms with E-state index in [1.807, 2.05) is 36.4 Å². The highest BCUT2D eigenvalue weighted by Gasteiger charge is 2.14. The number of benzene rings is 1. The van der Waals surface area contributed by atoms with Gasteiger partial charge in [-0.3, -0.25) is 14.2 Å². The average molecular weight is 388 g/mol. The fraction of sp³-hybridized carbons (Fsp3) is 0.316. The number of carbonyl (C=O) groups excluding carboxylic acids is 1. The number of unbranched alkanes of at least 4 members (excludes halogenated alkanes) is 1. The molecule has 136 valence electrons. The lowest BCUT2D eigenvalue weighted by Gasteiger charge is -2.07. The Morgan fingerprint density at radius 1 is 1.31 bits per heavy atom. The molecule has 2 heterocycles. The summed E-state index contributed by atoms with van der Waals surface area (Å²) < 4.78 is 2.17. The third kappa shape index (κ3) is 4.16. The molecule has 0 saturated carbocycles. The van der Waals surface area contributed by atoms with Crippen LogP contribution in [0.25, 0.3) is 20.7 Å². The van der Waals surface area contributed by atoms with Crippen molar-refractivity contribution >= 4 is 39.2 Å². The third-order valence-electron chi connectivity index (χ3n) is 3.96. The molecule has 0 aliphatic carbocycles. The normalized spacial score (nSPS) is 11.0. The van der Waals surface area contributed by atoms with Crippen LogP contribution in [0.4, 0.5) is 0 Å². The molecule has 1 N–H and O–H groups in total. The summed E-state index contributed by atoms with van der Waals surface area (Å²) in [6.45, 7) is 2.77. The van der Waals surface area contributed by atoms with Crippen LogP contribution in [0.15, 0.2) is 46.3 Å². The molecule has 0 unspecified atom stereocenters. The second-order valence-electron chi connectivity index (χ2n) is 5.94. The number of nitrogens with one attached hydrogen (secondary N) is 1. The molecule has 26 heavy (non-hydrogen) atoms. The molecule has 2 aromatic heterocycles. The minimum Gasteiger partial charge on any atom is -0.355 e. The second kappa shape index (κ2) is 8.51. The summed E-state index contributed by atoms with van der Waals surface area (Å²) in [5, 5.41) is 3.44. The summed E-state index contributed by atoms with van der Waals surface area (Å²) in [5.41, 5.74) is 1.68. The Labute approximate surface area is 160 Å². The zero-order valence-corrected chi connectivity index (χ0v) is 16.5. The lowest BCUT2D eigenvalue weighted by atomic mass is 10.2. The molecule has 0 fully saturated rings. The van der Waals surface area contributed by atoms with Crippen molar-refractivity contribution in [3.05, 3.63) is 46.8 Å². The van der Waals surface area contributed by atoms with Crippen LogP contribution < -0.4 is 10.9 Å². The number of amides is 1. The molecular weight excluding hydrogens is 366 g/mol. The summed E-state index contributed by atoms with van der Waals surface area (Å²) in [5.74, 6) is 0.221. The first kappa shape index (κ1) is 18.7. The van der Waals surface area contributed by atoms with Crippen LogP contribution in [0.3, 0.4) is 0 Å². The van der Waals surface area contributed by atoms with E-state index in [-0.39, 0.29) is 17.2 Å². The van der Waals surface area contributed by atoms with Gasteiger partial charge in [-0.05, 0) is 18.1 Å². The number of thioether (sulfide) groups is 1. The van der Waals surface area contributed by atoms with Crippen LogP contribution in [0.5, 0.6) is 0 Å². The van der Waals surface area contributed by atoms with Crippen LogP contribution in [-0.2, 0) is 11.8 Å². The van der Waals surface area contributed by atoms with Crippen molar-refractivity contribution in [1.29, 1.82) is 0 Å². The first-order valence-corrected chi connectivity index (χ1v) is 10.4. The number of hydrogen-bond donors (Lipinski definition) is 1. The fourth-order valence-corrected chi connectivity index (χ4v) is 4.37. The Balaban J connectivity index is 1.82. The number of rotatable bonds is 7. The van der Waals surface area contributed by atoms with Crippen LogP contribution in [0, 0.1) is 0 Å². The molecule has 0 bridgehead atoms. The Morgan fingerprint density at radius 3 is 2.81 bits per heavy atom. The Morgan fingerprint density at radius 2 is 2.08 bits per heavy atom. The van der Waals surface area contributed by atoms with E-state index < -0.39 is 0 Å². The van der Waals surface area contributed by atoms with Crippen molar-refractivity contribution < 1.29 is 4.79 Å². The fourth-order valence-electron chi connectivity index (χ4n) is 2.49. The van der Waals surface area contributed by atoms with E-state index in [9.17, 15) is 9.59 Å². The van der Waals surface area contributed by atoms with Gasteiger partial charge >= 0.3 is 0 Å². The molecule has 0 atom stereocenters. The molecule has 7 heteroatoms. The van der Waals surface area contributed by atoms with Gasteiger partial charge in [-0.1, -0.05) is 55.4 Å². The van der Waals surface area contributed by atoms with Crippen molar-refractivity contribution in [3.8, 4) is 10.4 Å². The maximum Gasteiger partial charge on any atom is 0.271 e. The zero-order chi connectivity index (χ0) is 18.5. The van der Waals surface area contributed by atoms with Crippen molar-refractivity contribution in [3.63, 3.8) is 0 Å². The van der Waals surface area contributed by atoms with Gasteiger partial charge in [0.2, 0.25) is 5.91 Å². The highest BCUT2D eigenvalue weighted by molar-refractivity contribution is 7.99. The number of hydrogen-bond acceptors (Lipinski definition) is 5. The zero-order valence-electron chi connectivity index (χ0n) is 14.8. The van der Waals surface area contributed by atoms with Crippen molar-refractivity contribution in [2.45, 2.75) is 24.9 Å². The molecule has 0 spiro atoms. The standard InChI is InChI=1S/C19H21N3O2S2/c1-3-4-10-20-16(23)12-25-19-21-14-11-15(13-8-6-5-7-9-13)26-17(14)18(24)22(19)2/h5-9,11H,3-4,10,12H2,1-2H3,(H,20,23). The smallest absolute Gasteiger partial charge is 0.271 e. The summed E-state index contributed by atoms with van der Waals surface area (Å²) in [6.07, 6.45) is 2.01. The molecule has 0 aliphatic rings. The van der Waals surface area contributed by atoms with Crippen molar-refractivity contribution in [1.82, 2.24) is 14.9 Å². The molecule has 0 aliphatic heterocycles. The highest BCUT2D eigenvalue weighted by atomic mass is 32.2. The number of aromatic nitrogens is 2. The van der Waals surface area contributed by atoms with Gasteiger partial charge in [0.15, 0.2) is 5.16 Å². The second-order valence-corrected chi connectivity index (χ2v) is 7.94. The first-order valence-electron chi connectivity index (χ1n) is 8.55. The molecule has 1 aromatic carbocycles. The summed E-state index contributed by atoms with van der Waals surface area (Å²) in [6, 6.07) is 11.9. The molecule has 1 amide bonds. The van der Waals surface area contributed by atoms with Gasteiger partial charge in [-0.2, -0.15) is 0 Å². The molecule has 5 nitrogen and oxygen atoms in total. The average Bonchev–Trinajstić information content (AvgIpc) is 3.09. The third-order valence-corrected chi connectivity index (χ3v) is 6.15. The maximum atomic E-state index is 12.7. The van der Waals surface area contributed by atoms with E-state index in [4.69, 9.17) is 0 Å². The number of fused-ring (bicyclic) bond motifs is 1. The van der Waals surface area contributed by atoms with Crippen LogP contribution in [0.2, 0.25) is 0 Å². The van der Waals surface area contributed by atoms with Gasteiger partial charge < -0.3 is 5.32 Å². The molecular formula is C19H21N3O2S2. The van der Waals surface area contributed by atoms with Gasteiger partial charge in [0.25, 0.3) is 5.56 Å². The minimum absolute atomic E-state index is 0.0342. The predicted molar refractivity (Wildman–Crippen MR) is 109 cm³/mol. The SMILES string of the molecule is CCCCNC(=O)CSc1nc2cc(-c3ccccc3)sc2c(=O)n1C. The van der Waals surface area contributed by atoms with Gasteiger partial charge in [0.05, 0.1) is 11.3 Å². The predicted octanol–water partition coefficient (Wildman–Crippen LogP) is 3.67. The van der Waals surface area contributed by atoms with Crippen LogP contribution in [0.1, 0.15) is 19.8 Å². The summed E-state index contributed by atoms with van der Waals surface area (Å²) in [7, 11) is 1.70. The van der Waals surface area contributed by atoms with Gasteiger partial charge in [-0.25, -0.2) is 4.98 Å². The molecule has 3 aromatic rings. The van der Waals surface area contributed by atoms with E-state index in [0.717, 1.165) is 23.3 Å². The number of nitrogens with zero attached hydrogens (tertiary/aromatic N) is 2. The number of carbonyl (C=O) groups is 1. The lowest BCUT2D eigenvalue weighted by Crippen LogP contribution is -2.27. The van der Waals surface area contributed by atoms with E-state index in [2.05, 4.69) is 17.2 Å². The molecule has 3 rings (SSSR count). The topological polar surface area (TPSA) is 64.0 Å². The highest BCUT2D eigenvalue weighted by Crippen LogP contribution is 2.31. The van der Waals surface area contributed by atoms with Gasteiger partial charge in [0, 0.05) is 18.5 Å². The summed E-state index contributed by atoms with van der Waals surface area (Å²) in [4.78, 5) is 30.2. The number of thiophene rings is 1. The Hall–Kier alpha value is -2.12.